The molecule has 0 bridgehead atoms. The van der Waals surface area contributed by atoms with Crippen molar-refractivity contribution in [2.75, 3.05) is 11.9 Å². The molecule has 9 heteroatoms. The highest BCUT2D eigenvalue weighted by Crippen LogP contribution is 2.32. The van der Waals surface area contributed by atoms with Gasteiger partial charge < -0.3 is 10.1 Å². The number of pyridine rings is 1. The highest BCUT2D eigenvalue weighted by molar-refractivity contribution is 6.39. The van der Waals surface area contributed by atoms with Gasteiger partial charge in [0.15, 0.2) is 6.61 Å². The van der Waals surface area contributed by atoms with Gasteiger partial charge in [-0.05, 0) is 30.3 Å². The average Bonchev–Trinajstić information content (AvgIpc) is 2.62. The first-order valence-electron chi connectivity index (χ1n) is 7.36. The number of nitrogens with zero attached hydrogens (tertiary/aromatic N) is 2. The first-order valence-corrected chi connectivity index (χ1v) is 8.11. The number of fused-ring (bicyclic) bond motifs is 1. The quantitative estimate of drug-likeness (QED) is 0.511. The predicted octanol–water partition coefficient (Wildman–Crippen LogP) is 4.47. The van der Waals surface area contributed by atoms with E-state index < -0.39 is 10.8 Å². The van der Waals surface area contributed by atoms with Crippen LogP contribution in [0.3, 0.4) is 0 Å². The molecule has 0 atom stereocenters. The second-order valence-electron chi connectivity index (χ2n) is 5.17. The first-order chi connectivity index (χ1) is 12.5. The Bertz CT molecular complexity index is 990. The van der Waals surface area contributed by atoms with Crippen LogP contribution in [0.2, 0.25) is 10.0 Å². The third-order valence-corrected chi connectivity index (χ3v) is 4.12. The summed E-state index contributed by atoms with van der Waals surface area (Å²) >= 11 is 12.0. The van der Waals surface area contributed by atoms with Crippen LogP contribution >= 0.6 is 23.2 Å². The van der Waals surface area contributed by atoms with E-state index in [1.54, 1.807) is 30.3 Å². The Hall–Kier alpha value is -2.90. The summed E-state index contributed by atoms with van der Waals surface area (Å²) in [6.07, 6.45) is 1.49. The maximum Gasteiger partial charge on any atom is 0.279 e. The summed E-state index contributed by atoms with van der Waals surface area (Å²) in [5.74, 6) is -0.228. The number of non-ortho nitro benzene ring substituents is 1. The molecule has 1 aromatic heterocycles. The van der Waals surface area contributed by atoms with E-state index >= 15 is 0 Å². The molecule has 0 radical (unpaired) electrons. The fraction of sp³-hybridized carbons (Fsp3) is 0.0588. The summed E-state index contributed by atoms with van der Waals surface area (Å²) in [5.41, 5.74) is 0.495. The number of nitro groups is 1. The molecule has 0 unspecified atom stereocenters. The summed E-state index contributed by atoms with van der Waals surface area (Å²) in [5, 5.41) is 14.6. The number of amides is 1. The van der Waals surface area contributed by atoms with Gasteiger partial charge in [0.1, 0.15) is 11.3 Å². The highest BCUT2D eigenvalue weighted by atomic mass is 35.5. The minimum atomic E-state index is -0.500. The van der Waals surface area contributed by atoms with E-state index in [2.05, 4.69) is 10.3 Å². The Labute approximate surface area is 157 Å². The molecule has 0 aliphatic heterocycles. The van der Waals surface area contributed by atoms with Crippen molar-refractivity contribution in [3.05, 3.63) is 68.8 Å². The van der Waals surface area contributed by atoms with Crippen molar-refractivity contribution >= 4 is 51.4 Å². The topological polar surface area (TPSA) is 94.4 Å². The van der Waals surface area contributed by atoms with Crippen molar-refractivity contribution in [3.63, 3.8) is 0 Å². The number of carbonyl (C=O) groups excluding carboxylic acids is 1. The number of aromatic nitrogens is 1. The number of carbonyl (C=O) groups is 1. The van der Waals surface area contributed by atoms with Gasteiger partial charge in [-0.3, -0.25) is 19.9 Å². The van der Waals surface area contributed by atoms with Crippen LogP contribution in [0.15, 0.2) is 48.7 Å². The van der Waals surface area contributed by atoms with E-state index in [0.717, 1.165) is 0 Å². The number of nitro benzene ring substituents is 1. The van der Waals surface area contributed by atoms with Crippen LogP contribution in [0.5, 0.6) is 5.75 Å². The van der Waals surface area contributed by atoms with Crippen molar-refractivity contribution in [1.82, 2.24) is 4.98 Å². The molecule has 3 aromatic rings. The van der Waals surface area contributed by atoms with Crippen molar-refractivity contribution in [2.45, 2.75) is 0 Å². The van der Waals surface area contributed by atoms with Gasteiger partial charge in [0.05, 0.1) is 26.0 Å². The maximum atomic E-state index is 12.1. The van der Waals surface area contributed by atoms with Gasteiger partial charge in [-0.25, -0.2) is 0 Å². The van der Waals surface area contributed by atoms with E-state index in [4.69, 9.17) is 27.9 Å². The Morgan fingerprint density at radius 3 is 2.58 bits per heavy atom. The normalized spacial score (nSPS) is 10.5. The van der Waals surface area contributed by atoms with Crippen molar-refractivity contribution < 1.29 is 14.5 Å². The van der Waals surface area contributed by atoms with E-state index in [9.17, 15) is 14.9 Å². The zero-order valence-electron chi connectivity index (χ0n) is 13.1. The third kappa shape index (κ3) is 3.68. The van der Waals surface area contributed by atoms with Crippen molar-refractivity contribution in [1.29, 1.82) is 0 Å². The minimum Gasteiger partial charge on any atom is -0.481 e. The highest BCUT2D eigenvalue weighted by Gasteiger charge is 2.17. The number of benzene rings is 2. The van der Waals surface area contributed by atoms with E-state index in [0.29, 0.717) is 20.9 Å². The Balaban J connectivity index is 1.79. The van der Waals surface area contributed by atoms with Gasteiger partial charge in [0.2, 0.25) is 0 Å². The van der Waals surface area contributed by atoms with Crippen molar-refractivity contribution in [3.8, 4) is 5.75 Å². The number of rotatable bonds is 5. The number of ether oxygens (including phenoxy) is 1. The number of para-hydroxylation sites is 1. The minimum absolute atomic E-state index is 0.0900. The largest absolute Gasteiger partial charge is 0.481 e. The molecular weight excluding hydrogens is 381 g/mol. The van der Waals surface area contributed by atoms with Gasteiger partial charge in [0, 0.05) is 12.3 Å². The SMILES string of the molecule is O=C(COc1ccc([N+](=O)[O-])c2cccnc12)Nc1c(Cl)cccc1Cl. The lowest BCUT2D eigenvalue weighted by atomic mass is 10.1. The number of halogens is 2. The van der Waals surface area contributed by atoms with Crippen LogP contribution in [0.25, 0.3) is 10.9 Å². The molecule has 1 heterocycles. The van der Waals surface area contributed by atoms with Gasteiger partial charge in [0.25, 0.3) is 11.6 Å². The average molecular weight is 392 g/mol. The summed E-state index contributed by atoms with van der Waals surface area (Å²) in [6.45, 7) is -0.342. The fourth-order valence-electron chi connectivity index (χ4n) is 2.34. The number of hydrogen-bond donors (Lipinski definition) is 1. The first kappa shape index (κ1) is 17.9. The van der Waals surface area contributed by atoms with Crippen LogP contribution in [-0.2, 0) is 4.79 Å². The van der Waals surface area contributed by atoms with Crippen LogP contribution in [-0.4, -0.2) is 22.4 Å². The summed E-state index contributed by atoms with van der Waals surface area (Å²) < 4.78 is 5.48. The smallest absolute Gasteiger partial charge is 0.279 e. The van der Waals surface area contributed by atoms with Gasteiger partial charge in [-0.1, -0.05) is 29.3 Å². The van der Waals surface area contributed by atoms with Gasteiger partial charge >= 0.3 is 0 Å². The zero-order valence-corrected chi connectivity index (χ0v) is 14.6. The van der Waals surface area contributed by atoms with Crippen LogP contribution in [0.1, 0.15) is 0 Å². The van der Waals surface area contributed by atoms with E-state index in [-0.39, 0.29) is 23.7 Å². The lowest BCUT2D eigenvalue weighted by Gasteiger charge is -2.11. The summed E-state index contributed by atoms with van der Waals surface area (Å²) in [7, 11) is 0. The van der Waals surface area contributed by atoms with E-state index in [1.807, 2.05) is 0 Å². The molecule has 0 saturated heterocycles. The second kappa shape index (κ2) is 7.55. The molecule has 0 fully saturated rings. The molecule has 3 rings (SSSR count). The fourth-order valence-corrected chi connectivity index (χ4v) is 2.84. The molecule has 7 nitrogen and oxygen atoms in total. The number of nitrogens with one attached hydrogen (secondary N) is 1. The summed E-state index contributed by atoms with van der Waals surface area (Å²) in [4.78, 5) is 26.8. The molecule has 2 aromatic carbocycles. The molecule has 1 amide bonds. The lowest BCUT2D eigenvalue weighted by molar-refractivity contribution is -0.383. The molecule has 26 heavy (non-hydrogen) atoms. The second-order valence-corrected chi connectivity index (χ2v) is 5.99. The molecule has 0 aliphatic carbocycles. The summed E-state index contributed by atoms with van der Waals surface area (Å²) in [6, 6.07) is 10.7. The van der Waals surface area contributed by atoms with Gasteiger partial charge in [-0.2, -0.15) is 0 Å². The van der Waals surface area contributed by atoms with Crippen LogP contribution < -0.4 is 10.1 Å². The maximum absolute atomic E-state index is 12.1. The standard InChI is InChI=1S/C17H11Cl2N3O4/c18-11-4-1-5-12(19)17(11)21-15(23)9-26-14-7-6-13(22(24)25)10-3-2-8-20-16(10)14/h1-8H,9H2,(H,21,23). The number of anilines is 1. The molecule has 0 aliphatic rings. The van der Waals surface area contributed by atoms with E-state index in [1.165, 1.54) is 18.3 Å². The molecule has 0 spiro atoms. The van der Waals surface area contributed by atoms with Crippen LogP contribution in [0, 0.1) is 10.1 Å². The Morgan fingerprint density at radius 1 is 1.15 bits per heavy atom. The number of hydrogen-bond acceptors (Lipinski definition) is 5. The third-order valence-electron chi connectivity index (χ3n) is 3.49. The van der Waals surface area contributed by atoms with Gasteiger partial charge in [-0.15, -0.1) is 0 Å². The molecule has 132 valence electrons. The Morgan fingerprint density at radius 2 is 1.88 bits per heavy atom. The molecular formula is C17H11Cl2N3O4. The zero-order chi connectivity index (χ0) is 18.7. The lowest BCUT2D eigenvalue weighted by Crippen LogP contribution is -2.20. The molecule has 0 saturated carbocycles. The molecule has 1 N–H and O–H groups in total. The van der Waals surface area contributed by atoms with Crippen molar-refractivity contribution in [2.24, 2.45) is 0 Å². The Kier molecular flexibility index (Phi) is 5.20. The predicted molar refractivity (Wildman–Crippen MR) is 99.0 cm³/mol. The van der Waals surface area contributed by atoms with Crippen LogP contribution in [0.4, 0.5) is 11.4 Å². The monoisotopic (exact) mass is 391 g/mol.